The van der Waals surface area contributed by atoms with Gasteiger partial charge in [0.05, 0.1) is 10.0 Å². The molecule has 0 spiro atoms. The lowest BCUT2D eigenvalue weighted by Gasteiger charge is -2.09. The van der Waals surface area contributed by atoms with Crippen LogP contribution in [0.3, 0.4) is 0 Å². The quantitative estimate of drug-likeness (QED) is 0.836. The summed E-state index contributed by atoms with van der Waals surface area (Å²) >= 11 is 11.8. The highest BCUT2D eigenvalue weighted by Gasteiger charge is 2.01. The van der Waals surface area contributed by atoms with Crippen LogP contribution in [0.15, 0.2) is 42.5 Å². The van der Waals surface area contributed by atoms with Crippen molar-refractivity contribution in [2.45, 2.75) is 20.1 Å². The Labute approximate surface area is 129 Å². The summed E-state index contributed by atoms with van der Waals surface area (Å²) in [5, 5.41) is 4.34. The molecule has 0 saturated carbocycles. The highest BCUT2D eigenvalue weighted by atomic mass is 35.5. The number of ether oxygens (including phenoxy) is 1. The molecule has 2 nitrogen and oxygen atoms in total. The Kier molecular flexibility index (Phi) is 5.72. The SMILES string of the molecule is CCNCc1cccc(COc2ccc(Cl)c(Cl)c2)c1. The van der Waals surface area contributed by atoms with Crippen LogP contribution in [-0.2, 0) is 13.2 Å². The maximum atomic E-state index is 5.96. The van der Waals surface area contributed by atoms with Crippen LogP contribution < -0.4 is 10.1 Å². The van der Waals surface area contributed by atoms with Gasteiger partial charge in [0.15, 0.2) is 0 Å². The molecule has 0 atom stereocenters. The first-order valence-electron chi connectivity index (χ1n) is 6.55. The maximum absolute atomic E-state index is 5.96. The Morgan fingerprint density at radius 3 is 2.55 bits per heavy atom. The van der Waals surface area contributed by atoms with Gasteiger partial charge in [-0.1, -0.05) is 54.4 Å². The van der Waals surface area contributed by atoms with Crippen molar-refractivity contribution in [3.05, 3.63) is 63.6 Å². The lowest BCUT2D eigenvalue weighted by molar-refractivity contribution is 0.306. The molecule has 1 N–H and O–H groups in total. The largest absolute Gasteiger partial charge is 0.489 e. The van der Waals surface area contributed by atoms with E-state index in [0.717, 1.165) is 24.4 Å². The third kappa shape index (κ3) is 4.41. The fourth-order valence-corrected chi connectivity index (χ4v) is 2.12. The van der Waals surface area contributed by atoms with Crippen LogP contribution in [-0.4, -0.2) is 6.54 Å². The second kappa shape index (κ2) is 7.53. The van der Waals surface area contributed by atoms with Crippen LogP contribution in [0.5, 0.6) is 5.75 Å². The molecular formula is C16H17Cl2NO. The van der Waals surface area contributed by atoms with Gasteiger partial charge < -0.3 is 10.1 Å². The van der Waals surface area contributed by atoms with Gasteiger partial charge >= 0.3 is 0 Å². The Morgan fingerprint density at radius 1 is 1.00 bits per heavy atom. The van der Waals surface area contributed by atoms with Gasteiger partial charge in [0.2, 0.25) is 0 Å². The molecule has 0 aliphatic carbocycles. The van der Waals surface area contributed by atoms with E-state index in [2.05, 4.69) is 24.4 Å². The summed E-state index contributed by atoms with van der Waals surface area (Å²) in [5.74, 6) is 0.719. The van der Waals surface area contributed by atoms with Gasteiger partial charge in [-0.3, -0.25) is 0 Å². The summed E-state index contributed by atoms with van der Waals surface area (Å²) in [5.41, 5.74) is 2.38. The van der Waals surface area contributed by atoms with E-state index in [1.54, 1.807) is 12.1 Å². The van der Waals surface area contributed by atoms with E-state index in [-0.39, 0.29) is 0 Å². The van der Waals surface area contributed by atoms with Crippen molar-refractivity contribution in [3.8, 4) is 5.75 Å². The highest BCUT2D eigenvalue weighted by molar-refractivity contribution is 6.42. The van der Waals surface area contributed by atoms with Gasteiger partial charge in [-0.15, -0.1) is 0 Å². The van der Waals surface area contributed by atoms with E-state index < -0.39 is 0 Å². The zero-order valence-electron chi connectivity index (χ0n) is 11.3. The second-order valence-corrected chi connectivity index (χ2v) is 5.28. The monoisotopic (exact) mass is 309 g/mol. The summed E-state index contributed by atoms with van der Waals surface area (Å²) in [7, 11) is 0. The van der Waals surface area contributed by atoms with Crippen molar-refractivity contribution in [2.75, 3.05) is 6.54 Å². The first kappa shape index (κ1) is 15.2. The normalized spacial score (nSPS) is 10.6. The number of benzene rings is 2. The third-order valence-electron chi connectivity index (χ3n) is 2.87. The molecule has 0 bridgehead atoms. The molecule has 0 aromatic heterocycles. The molecule has 106 valence electrons. The van der Waals surface area contributed by atoms with E-state index in [1.165, 1.54) is 5.56 Å². The molecule has 0 unspecified atom stereocenters. The minimum absolute atomic E-state index is 0.505. The van der Waals surface area contributed by atoms with Gasteiger partial charge in [0.25, 0.3) is 0 Å². The van der Waals surface area contributed by atoms with Crippen molar-refractivity contribution in [2.24, 2.45) is 0 Å². The van der Waals surface area contributed by atoms with E-state index in [4.69, 9.17) is 27.9 Å². The molecule has 0 saturated heterocycles. The number of halogens is 2. The molecule has 0 aliphatic rings. The zero-order chi connectivity index (χ0) is 14.4. The number of hydrogen-bond donors (Lipinski definition) is 1. The first-order chi connectivity index (χ1) is 9.69. The molecular weight excluding hydrogens is 293 g/mol. The zero-order valence-corrected chi connectivity index (χ0v) is 12.8. The third-order valence-corrected chi connectivity index (χ3v) is 3.61. The van der Waals surface area contributed by atoms with E-state index in [0.29, 0.717) is 16.7 Å². The minimum atomic E-state index is 0.505. The van der Waals surface area contributed by atoms with Gasteiger partial charge in [-0.2, -0.15) is 0 Å². The molecule has 2 rings (SSSR count). The van der Waals surface area contributed by atoms with Crippen molar-refractivity contribution in [1.82, 2.24) is 5.32 Å². The predicted octanol–water partition coefficient (Wildman–Crippen LogP) is 4.68. The van der Waals surface area contributed by atoms with Gasteiger partial charge in [-0.05, 0) is 29.8 Å². The maximum Gasteiger partial charge on any atom is 0.121 e. The Morgan fingerprint density at radius 2 is 1.80 bits per heavy atom. The Balaban J connectivity index is 1.97. The van der Waals surface area contributed by atoms with Crippen molar-refractivity contribution in [3.63, 3.8) is 0 Å². The van der Waals surface area contributed by atoms with Gasteiger partial charge in [0, 0.05) is 12.6 Å². The van der Waals surface area contributed by atoms with Crippen LogP contribution in [0.25, 0.3) is 0 Å². The van der Waals surface area contributed by atoms with Crippen LogP contribution >= 0.6 is 23.2 Å². The van der Waals surface area contributed by atoms with Crippen LogP contribution in [0.2, 0.25) is 10.0 Å². The average Bonchev–Trinajstić information content (AvgIpc) is 2.47. The average molecular weight is 310 g/mol. The van der Waals surface area contributed by atoms with Crippen LogP contribution in [0.4, 0.5) is 0 Å². The van der Waals surface area contributed by atoms with Crippen LogP contribution in [0, 0.1) is 0 Å². The molecule has 2 aromatic rings. The molecule has 2 aromatic carbocycles. The Hall–Kier alpha value is -1.22. The Bertz CT molecular complexity index is 572. The first-order valence-corrected chi connectivity index (χ1v) is 7.31. The molecule has 0 aliphatic heterocycles. The summed E-state index contributed by atoms with van der Waals surface area (Å²) in [6, 6.07) is 13.6. The predicted molar refractivity (Wildman–Crippen MR) is 84.6 cm³/mol. The van der Waals surface area contributed by atoms with E-state index >= 15 is 0 Å². The number of nitrogens with one attached hydrogen (secondary N) is 1. The van der Waals surface area contributed by atoms with Crippen molar-refractivity contribution < 1.29 is 4.74 Å². The molecule has 0 amide bonds. The fourth-order valence-electron chi connectivity index (χ4n) is 1.83. The van der Waals surface area contributed by atoms with E-state index in [1.807, 2.05) is 18.2 Å². The fraction of sp³-hybridized carbons (Fsp3) is 0.250. The van der Waals surface area contributed by atoms with E-state index in [9.17, 15) is 0 Å². The number of hydrogen-bond acceptors (Lipinski definition) is 2. The minimum Gasteiger partial charge on any atom is -0.489 e. The van der Waals surface area contributed by atoms with Crippen molar-refractivity contribution in [1.29, 1.82) is 0 Å². The second-order valence-electron chi connectivity index (χ2n) is 4.46. The molecule has 0 radical (unpaired) electrons. The van der Waals surface area contributed by atoms with Crippen molar-refractivity contribution >= 4 is 23.2 Å². The smallest absolute Gasteiger partial charge is 0.121 e. The molecule has 20 heavy (non-hydrogen) atoms. The topological polar surface area (TPSA) is 21.3 Å². The summed E-state index contributed by atoms with van der Waals surface area (Å²) in [4.78, 5) is 0. The molecule has 0 fully saturated rings. The molecule has 4 heteroatoms. The van der Waals surface area contributed by atoms with Gasteiger partial charge in [-0.25, -0.2) is 0 Å². The van der Waals surface area contributed by atoms with Crippen LogP contribution in [0.1, 0.15) is 18.1 Å². The highest BCUT2D eigenvalue weighted by Crippen LogP contribution is 2.26. The summed E-state index contributed by atoms with van der Waals surface area (Å²) in [6.45, 7) is 4.44. The standard InChI is InChI=1S/C16H17Cl2NO/c1-2-19-10-12-4-3-5-13(8-12)11-20-14-6-7-15(17)16(18)9-14/h3-9,19H,2,10-11H2,1H3. The lowest BCUT2D eigenvalue weighted by Crippen LogP contribution is -2.11. The summed E-state index contributed by atoms with van der Waals surface area (Å²) < 4.78 is 5.72. The summed E-state index contributed by atoms with van der Waals surface area (Å²) in [6.07, 6.45) is 0. The number of rotatable bonds is 6. The molecule has 0 heterocycles. The van der Waals surface area contributed by atoms with Gasteiger partial charge in [0.1, 0.15) is 12.4 Å². The lowest BCUT2D eigenvalue weighted by atomic mass is 10.1.